The van der Waals surface area contributed by atoms with Gasteiger partial charge in [0.2, 0.25) is 5.91 Å². The van der Waals surface area contributed by atoms with E-state index in [1.807, 2.05) is 11.9 Å². The van der Waals surface area contributed by atoms with Crippen molar-refractivity contribution in [1.82, 2.24) is 10.2 Å². The summed E-state index contributed by atoms with van der Waals surface area (Å²) >= 11 is 0. The van der Waals surface area contributed by atoms with Crippen LogP contribution in [0.3, 0.4) is 0 Å². The maximum absolute atomic E-state index is 12.4. The van der Waals surface area contributed by atoms with Crippen molar-refractivity contribution < 1.29 is 9.53 Å². The van der Waals surface area contributed by atoms with E-state index in [1.54, 1.807) is 0 Å². The zero-order valence-electron chi connectivity index (χ0n) is 12.6. The molecule has 20 heavy (non-hydrogen) atoms. The lowest BCUT2D eigenvalue weighted by Gasteiger charge is -2.31. The van der Waals surface area contributed by atoms with Crippen LogP contribution in [0.4, 0.5) is 0 Å². The Morgan fingerprint density at radius 1 is 1.10 bits per heavy atom. The number of fused-ring (bicyclic) bond motifs is 2. The fourth-order valence-corrected chi connectivity index (χ4v) is 4.16. The lowest BCUT2D eigenvalue weighted by molar-refractivity contribution is -0.132. The second-order valence-corrected chi connectivity index (χ2v) is 7.01. The summed E-state index contributed by atoms with van der Waals surface area (Å²) in [6.45, 7) is 2.65. The molecule has 3 fully saturated rings. The molecule has 0 aromatic rings. The van der Waals surface area contributed by atoms with E-state index in [0.29, 0.717) is 29.8 Å². The summed E-state index contributed by atoms with van der Waals surface area (Å²) in [5.74, 6) is 1.60. The van der Waals surface area contributed by atoms with Crippen molar-refractivity contribution in [3.8, 4) is 0 Å². The molecule has 114 valence electrons. The highest BCUT2D eigenvalue weighted by Crippen LogP contribution is 2.33. The van der Waals surface area contributed by atoms with Gasteiger partial charge >= 0.3 is 0 Å². The number of carbonyl (C=O) groups is 1. The molecule has 2 atom stereocenters. The molecule has 0 aliphatic carbocycles. The molecule has 0 aromatic heterocycles. The molecule has 2 bridgehead atoms. The molecule has 3 aliphatic heterocycles. The zero-order valence-corrected chi connectivity index (χ0v) is 12.6. The topological polar surface area (TPSA) is 41.6 Å². The molecule has 3 saturated heterocycles. The minimum atomic E-state index is 0.350. The summed E-state index contributed by atoms with van der Waals surface area (Å²) in [7, 11) is 1.98. The average Bonchev–Trinajstić information content (AvgIpc) is 2.79. The fraction of sp³-hybridized carbons (Fsp3) is 0.938. The van der Waals surface area contributed by atoms with E-state index >= 15 is 0 Å². The number of rotatable bonds is 4. The highest BCUT2D eigenvalue weighted by molar-refractivity contribution is 5.76. The smallest absolute Gasteiger partial charge is 0.222 e. The van der Waals surface area contributed by atoms with Gasteiger partial charge in [0.25, 0.3) is 0 Å². The minimum Gasteiger partial charge on any atom is -0.381 e. The zero-order chi connectivity index (χ0) is 13.9. The maximum Gasteiger partial charge on any atom is 0.222 e. The predicted molar refractivity (Wildman–Crippen MR) is 78.5 cm³/mol. The van der Waals surface area contributed by atoms with E-state index in [2.05, 4.69) is 5.32 Å². The number of piperidine rings is 1. The molecule has 4 nitrogen and oxygen atoms in total. The third-order valence-electron chi connectivity index (χ3n) is 5.33. The first-order valence-corrected chi connectivity index (χ1v) is 8.28. The lowest BCUT2D eigenvalue weighted by Crippen LogP contribution is -2.40. The van der Waals surface area contributed by atoms with Crippen LogP contribution >= 0.6 is 0 Å². The van der Waals surface area contributed by atoms with Crippen molar-refractivity contribution in [3.63, 3.8) is 0 Å². The van der Waals surface area contributed by atoms with Crippen LogP contribution in [0.1, 0.15) is 44.9 Å². The van der Waals surface area contributed by atoms with Crippen LogP contribution in [0.5, 0.6) is 0 Å². The van der Waals surface area contributed by atoms with Gasteiger partial charge in [0.05, 0.1) is 0 Å². The highest BCUT2D eigenvalue weighted by Gasteiger charge is 2.34. The van der Waals surface area contributed by atoms with Crippen molar-refractivity contribution in [2.75, 3.05) is 26.8 Å². The Labute approximate surface area is 122 Å². The third kappa shape index (κ3) is 3.53. The maximum atomic E-state index is 12.4. The number of ether oxygens (including phenoxy) is 1. The van der Waals surface area contributed by atoms with Gasteiger partial charge in [-0.3, -0.25) is 4.79 Å². The molecule has 3 heterocycles. The van der Waals surface area contributed by atoms with Gasteiger partial charge in [0.15, 0.2) is 0 Å². The average molecular weight is 280 g/mol. The van der Waals surface area contributed by atoms with Crippen molar-refractivity contribution in [3.05, 3.63) is 0 Å². The van der Waals surface area contributed by atoms with Gasteiger partial charge in [0, 0.05) is 45.3 Å². The first-order chi connectivity index (χ1) is 9.70. The summed E-state index contributed by atoms with van der Waals surface area (Å²) in [6.07, 6.45) is 8.00. The van der Waals surface area contributed by atoms with E-state index in [-0.39, 0.29) is 0 Å². The lowest BCUT2D eigenvalue weighted by atomic mass is 9.89. The number of amides is 1. The summed E-state index contributed by atoms with van der Waals surface area (Å²) < 4.78 is 5.38. The second-order valence-electron chi connectivity index (χ2n) is 7.01. The number of hydrogen-bond donors (Lipinski definition) is 1. The van der Waals surface area contributed by atoms with Gasteiger partial charge in [-0.15, -0.1) is 0 Å². The van der Waals surface area contributed by atoms with Crippen molar-refractivity contribution in [2.24, 2.45) is 11.8 Å². The number of nitrogens with one attached hydrogen (secondary N) is 1. The summed E-state index contributed by atoms with van der Waals surface area (Å²) in [5.41, 5.74) is 0. The van der Waals surface area contributed by atoms with Gasteiger partial charge in [0.1, 0.15) is 0 Å². The predicted octanol–water partition coefficient (Wildman–Crippen LogP) is 1.79. The molecular weight excluding hydrogens is 252 g/mol. The van der Waals surface area contributed by atoms with Crippen LogP contribution in [0.2, 0.25) is 0 Å². The summed E-state index contributed by atoms with van der Waals surface area (Å²) in [5, 5.41) is 3.65. The molecule has 1 amide bonds. The Balaban J connectivity index is 1.43. The Kier molecular flexibility index (Phi) is 4.61. The Hall–Kier alpha value is -0.610. The number of nitrogens with zero attached hydrogens (tertiary/aromatic N) is 1. The van der Waals surface area contributed by atoms with Gasteiger partial charge in [-0.25, -0.2) is 0 Å². The van der Waals surface area contributed by atoms with Gasteiger partial charge < -0.3 is 15.0 Å². The Morgan fingerprint density at radius 2 is 1.75 bits per heavy atom. The molecule has 0 aromatic carbocycles. The second kappa shape index (κ2) is 6.44. The van der Waals surface area contributed by atoms with Crippen LogP contribution in [0.15, 0.2) is 0 Å². The molecule has 0 saturated carbocycles. The molecular formula is C16H28N2O2. The van der Waals surface area contributed by atoms with Crippen LogP contribution in [0, 0.1) is 11.8 Å². The van der Waals surface area contributed by atoms with Crippen LogP contribution in [0.25, 0.3) is 0 Å². The largest absolute Gasteiger partial charge is 0.381 e. The highest BCUT2D eigenvalue weighted by atomic mass is 16.5. The van der Waals surface area contributed by atoms with E-state index in [1.165, 1.54) is 25.7 Å². The fourth-order valence-electron chi connectivity index (χ4n) is 4.16. The SMILES string of the molecule is CN(CC1CCOCC1)C(=O)CC1CC2CCC(C1)N2. The first kappa shape index (κ1) is 14.3. The van der Waals surface area contributed by atoms with Gasteiger partial charge in [-0.1, -0.05) is 0 Å². The first-order valence-electron chi connectivity index (χ1n) is 8.28. The molecule has 0 radical (unpaired) electrons. The van der Waals surface area contributed by atoms with Crippen LogP contribution in [-0.2, 0) is 9.53 Å². The standard InChI is InChI=1S/C16H28N2O2/c1-18(11-12-4-6-20-7-5-12)16(19)10-13-8-14-2-3-15(9-13)17-14/h12-15,17H,2-11H2,1H3. The van der Waals surface area contributed by atoms with E-state index in [0.717, 1.165) is 39.0 Å². The van der Waals surface area contributed by atoms with Crippen molar-refractivity contribution in [1.29, 1.82) is 0 Å². The minimum absolute atomic E-state index is 0.350. The summed E-state index contributed by atoms with van der Waals surface area (Å²) in [4.78, 5) is 14.4. The van der Waals surface area contributed by atoms with Gasteiger partial charge in [-0.2, -0.15) is 0 Å². The van der Waals surface area contributed by atoms with E-state index < -0.39 is 0 Å². The number of hydrogen-bond acceptors (Lipinski definition) is 3. The van der Waals surface area contributed by atoms with Crippen LogP contribution in [-0.4, -0.2) is 49.7 Å². The quantitative estimate of drug-likeness (QED) is 0.853. The monoisotopic (exact) mass is 280 g/mol. The van der Waals surface area contributed by atoms with E-state index in [4.69, 9.17) is 4.74 Å². The third-order valence-corrected chi connectivity index (χ3v) is 5.33. The van der Waals surface area contributed by atoms with Crippen LogP contribution < -0.4 is 5.32 Å². The summed E-state index contributed by atoms with van der Waals surface area (Å²) in [6, 6.07) is 1.37. The van der Waals surface area contributed by atoms with Crippen molar-refractivity contribution in [2.45, 2.75) is 57.0 Å². The molecule has 4 heteroatoms. The Morgan fingerprint density at radius 3 is 2.40 bits per heavy atom. The van der Waals surface area contributed by atoms with Crippen molar-refractivity contribution >= 4 is 5.91 Å². The van der Waals surface area contributed by atoms with E-state index in [9.17, 15) is 4.79 Å². The molecule has 0 spiro atoms. The van der Waals surface area contributed by atoms with Gasteiger partial charge in [-0.05, 0) is 50.4 Å². The Bertz CT molecular complexity index is 329. The molecule has 3 aliphatic rings. The number of carbonyl (C=O) groups excluding carboxylic acids is 1. The molecule has 1 N–H and O–H groups in total. The molecule has 2 unspecified atom stereocenters. The normalized spacial score (nSPS) is 34.1. The molecule has 3 rings (SSSR count).